The number of rotatable bonds is 3. The van der Waals surface area contributed by atoms with E-state index in [0.29, 0.717) is 11.5 Å². The molecule has 0 spiro atoms. The molecule has 2 N–H and O–H groups in total. The Morgan fingerprint density at radius 3 is 2.62 bits per heavy atom. The van der Waals surface area contributed by atoms with E-state index in [-0.39, 0.29) is 11.5 Å². The topological polar surface area (TPSA) is 64.9 Å². The highest BCUT2D eigenvalue weighted by Gasteiger charge is 2.14. The second-order valence-corrected chi connectivity index (χ2v) is 5.27. The highest BCUT2D eigenvalue weighted by molar-refractivity contribution is 7.98. The van der Waals surface area contributed by atoms with Gasteiger partial charge in [0.05, 0.1) is 5.56 Å². The number of nitrogen functional groups attached to an aromatic ring is 1. The molecule has 106 valence electrons. The first kappa shape index (κ1) is 13.6. The van der Waals surface area contributed by atoms with Gasteiger partial charge in [-0.1, -0.05) is 5.16 Å². The van der Waals surface area contributed by atoms with Crippen LogP contribution in [-0.2, 0) is 0 Å². The van der Waals surface area contributed by atoms with Crippen LogP contribution in [0.4, 0.5) is 10.1 Å². The molecule has 6 heteroatoms. The molecule has 1 heterocycles. The van der Waals surface area contributed by atoms with Crippen molar-refractivity contribution in [2.45, 2.75) is 4.90 Å². The van der Waals surface area contributed by atoms with Crippen molar-refractivity contribution in [1.29, 1.82) is 0 Å². The summed E-state index contributed by atoms with van der Waals surface area (Å²) in [7, 11) is 0. The highest BCUT2D eigenvalue weighted by Crippen LogP contribution is 2.27. The zero-order valence-electron chi connectivity index (χ0n) is 11.2. The van der Waals surface area contributed by atoms with Crippen LogP contribution < -0.4 is 5.73 Å². The molecular weight excluding hydrogens is 289 g/mol. The van der Waals surface area contributed by atoms with Gasteiger partial charge in [0.25, 0.3) is 5.89 Å². The smallest absolute Gasteiger partial charge is 0.261 e. The predicted octanol–water partition coefficient (Wildman–Crippen LogP) is 3.85. The average molecular weight is 301 g/mol. The zero-order chi connectivity index (χ0) is 14.8. The standard InChI is InChI=1S/C15H12FN3OS/c1-21-11-5-2-9(3-6-11)14-18-15(20-19-14)12-8-10(17)4-7-13(12)16/h2-8H,17H2,1H3. The molecule has 3 rings (SSSR count). The summed E-state index contributed by atoms with van der Waals surface area (Å²) in [6.45, 7) is 0. The SMILES string of the molecule is CSc1ccc(-c2noc(-c3cc(N)ccc3F)n2)cc1. The second kappa shape index (κ2) is 5.57. The maximum Gasteiger partial charge on any atom is 0.261 e. The van der Waals surface area contributed by atoms with Crippen LogP contribution in [0, 0.1) is 5.82 Å². The van der Waals surface area contributed by atoms with E-state index in [9.17, 15) is 4.39 Å². The van der Waals surface area contributed by atoms with E-state index in [1.54, 1.807) is 11.8 Å². The Bertz CT molecular complexity index is 771. The molecule has 2 aromatic carbocycles. The molecule has 0 saturated heterocycles. The number of benzene rings is 2. The van der Waals surface area contributed by atoms with E-state index in [2.05, 4.69) is 10.1 Å². The third kappa shape index (κ3) is 2.75. The fraction of sp³-hybridized carbons (Fsp3) is 0.0667. The Morgan fingerprint density at radius 1 is 1.14 bits per heavy atom. The lowest BCUT2D eigenvalue weighted by atomic mass is 10.2. The lowest BCUT2D eigenvalue weighted by Crippen LogP contribution is -1.89. The Morgan fingerprint density at radius 2 is 1.90 bits per heavy atom. The molecular formula is C15H12FN3OS. The molecule has 0 fully saturated rings. The van der Waals surface area contributed by atoms with E-state index < -0.39 is 5.82 Å². The van der Waals surface area contributed by atoms with Gasteiger partial charge in [0, 0.05) is 16.1 Å². The Labute approximate surface area is 125 Å². The zero-order valence-corrected chi connectivity index (χ0v) is 12.0. The van der Waals surface area contributed by atoms with Gasteiger partial charge in [-0.3, -0.25) is 0 Å². The maximum absolute atomic E-state index is 13.8. The van der Waals surface area contributed by atoms with Gasteiger partial charge in [-0.25, -0.2) is 4.39 Å². The first-order chi connectivity index (χ1) is 10.2. The first-order valence-corrected chi connectivity index (χ1v) is 7.43. The van der Waals surface area contributed by atoms with Crippen LogP contribution in [0.25, 0.3) is 22.8 Å². The fourth-order valence-corrected chi connectivity index (χ4v) is 2.31. The summed E-state index contributed by atoms with van der Waals surface area (Å²) in [6, 6.07) is 12.0. The number of hydrogen-bond acceptors (Lipinski definition) is 5. The Kier molecular flexibility index (Phi) is 3.62. The molecule has 4 nitrogen and oxygen atoms in total. The summed E-state index contributed by atoms with van der Waals surface area (Å²) in [5.41, 5.74) is 7.11. The number of nitrogens with two attached hydrogens (primary N) is 1. The van der Waals surface area contributed by atoms with Gasteiger partial charge in [0.2, 0.25) is 5.82 Å². The van der Waals surface area contributed by atoms with E-state index >= 15 is 0 Å². The van der Waals surface area contributed by atoms with Gasteiger partial charge >= 0.3 is 0 Å². The average Bonchev–Trinajstić information content (AvgIpc) is 2.99. The van der Waals surface area contributed by atoms with E-state index in [1.807, 2.05) is 30.5 Å². The molecule has 0 aliphatic heterocycles. The third-order valence-corrected chi connectivity index (χ3v) is 3.74. The minimum atomic E-state index is -0.447. The van der Waals surface area contributed by atoms with Gasteiger partial charge in [-0.2, -0.15) is 4.98 Å². The van der Waals surface area contributed by atoms with Gasteiger partial charge in [-0.05, 0) is 48.7 Å². The van der Waals surface area contributed by atoms with Crippen LogP contribution in [-0.4, -0.2) is 16.4 Å². The number of hydrogen-bond donors (Lipinski definition) is 1. The van der Waals surface area contributed by atoms with Crippen LogP contribution in [0.3, 0.4) is 0 Å². The normalized spacial score (nSPS) is 10.8. The summed E-state index contributed by atoms with van der Waals surface area (Å²) < 4.78 is 18.9. The van der Waals surface area contributed by atoms with Crippen molar-refractivity contribution in [3.05, 3.63) is 48.3 Å². The highest BCUT2D eigenvalue weighted by atomic mass is 32.2. The molecule has 21 heavy (non-hydrogen) atoms. The number of aromatic nitrogens is 2. The summed E-state index contributed by atoms with van der Waals surface area (Å²) in [6.07, 6.45) is 2.00. The minimum Gasteiger partial charge on any atom is -0.399 e. The fourth-order valence-electron chi connectivity index (χ4n) is 1.90. The van der Waals surface area contributed by atoms with Crippen LogP contribution >= 0.6 is 11.8 Å². The monoisotopic (exact) mass is 301 g/mol. The summed E-state index contributed by atoms with van der Waals surface area (Å²) >= 11 is 1.65. The molecule has 1 aromatic heterocycles. The van der Waals surface area contributed by atoms with Crippen molar-refractivity contribution >= 4 is 17.4 Å². The van der Waals surface area contributed by atoms with Crippen molar-refractivity contribution in [2.75, 3.05) is 12.0 Å². The molecule has 3 aromatic rings. The van der Waals surface area contributed by atoms with Crippen molar-refractivity contribution in [1.82, 2.24) is 10.1 Å². The third-order valence-electron chi connectivity index (χ3n) is 3.00. The van der Waals surface area contributed by atoms with E-state index in [4.69, 9.17) is 10.3 Å². The molecule has 0 aliphatic rings. The second-order valence-electron chi connectivity index (χ2n) is 4.39. The molecule has 0 aliphatic carbocycles. The molecule has 0 atom stereocenters. The maximum atomic E-state index is 13.8. The number of anilines is 1. The van der Waals surface area contributed by atoms with Crippen molar-refractivity contribution in [3.63, 3.8) is 0 Å². The van der Waals surface area contributed by atoms with Gasteiger partial charge in [0.1, 0.15) is 5.82 Å². The van der Waals surface area contributed by atoms with Crippen molar-refractivity contribution < 1.29 is 8.91 Å². The lowest BCUT2D eigenvalue weighted by molar-refractivity contribution is 0.429. The largest absolute Gasteiger partial charge is 0.399 e. The number of thioether (sulfide) groups is 1. The summed E-state index contributed by atoms with van der Waals surface area (Å²) in [5, 5.41) is 3.89. The first-order valence-electron chi connectivity index (χ1n) is 6.21. The van der Waals surface area contributed by atoms with Gasteiger partial charge in [0.15, 0.2) is 0 Å². The molecule has 0 unspecified atom stereocenters. The molecule has 0 radical (unpaired) electrons. The van der Waals surface area contributed by atoms with Gasteiger partial charge in [-0.15, -0.1) is 11.8 Å². The minimum absolute atomic E-state index is 0.115. The summed E-state index contributed by atoms with van der Waals surface area (Å²) in [4.78, 5) is 5.37. The Hall–Kier alpha value is -2.34. The quantitative estimate of drug-likeness (QED) is 0.588. The van der Waals surface area contributed by atoms with Crippen molar-refractivity contribution in [3.8, 4) is 22.8 Å². The molecule has 0 bridgehead atoms. The Balaban J connectivity index is 1.97. The number of nitrogens with zero attached hydrogens (tertiary/aromatic N) is 2. The van der Waals surface area contributed by atoms with E-state index in [0.717, 1.165) is 10.5 Å². The number of halogens is 1. The molecule has 0 saturated carbocycles. The van der Waals surface area contributed by atoms with Crippen LogP contribution in [0.1, 0.15) is 0 Å². The van der Waals surface area contributed by atoms with Crippen LogP contribution in [0.5, 0.6) is 0 Å². The summed E-state index contributed by atoms with van der Waals surface area (Å²) in [5.74, 6) is 0.0837. The van der Waals surface area contributed by atoms with E-state index in [1.165, 1.54) is 18.2 Å². The molecule has 0 amide bonds. The predicted molar refractivity (Wildman–Crippen MR) is 81.3 cm³/mol. The van der Waals surface area contributed by atoms with Crippen LogP contribution in [0.2, 0.25) is 0 Å². The van der Waals surface area contributed by atoms with Gasteiger partial charge < -0.3 is 10.3 Å². The lowest BCUT2D eigenvalue weighted by Gasteiger charge is -1.98. The van der Waals surface area contributed by atoms with Crippen molar-refractivity contribution in [2.24, 2.45) is 0 Å². The van der Waals surface area contributed by atoms with Crippen LogP contribution in [0.15, 0.2) is 51.9 Å².